The number of imidazole rings is 1. The minimum Gasteiger partial charge on any atom is -0.478 e. The molecule has 1 heterocycles. The molecule has 0 spiro atoms. The molecule has 2 saturated carbocycles. The first-order valence-electron chi connectivity index (χ1n) is 7.96. The maximum absolute atomic E-state index is 11.2. The van der Waals surface area contributed by atoms with Gasteiger partial charge >= 0.3 is 5.97 Å². The number of carboxylic acid groups (broad SMARTS) is 1. The Morgan fingerprint density at radius 2 is 2.10 bits per heavy atom. The van der Waals surface area contributed by atoms with Gasteiger partial charge in [0.25, 0.3) is 0 Å². The zero-order valence-electron chi connectivity index (χ0n) is 12.1. The highest BCUT2D eigenvalue weighted by atomic mass is 16.4. The first-order chi connectivity index (χ1) is 10.2. The van der Waals surface area contributed by atoms with Crippen LogP contribution in [0, 0.1) is 5.92 Å². The first-order valence-corrected chi connectivity index (χ1v) is 7.96. The van der Waals surface area contributed by atoms with Crippen molar-refractivity contribution in [3.05, 3.63) is 29.6 Å². The molecule has 0 saturated heterocycles. The SMILES string of the molecule is O=C(O)c1ccc2nc(C3CC3)n(CCC3CCC3)c2c1. The van der Waals surface area contributed by atoms with Crippen LogP contribution >= 0.6 is 0 Å². The van der Waals surface area contributed by atoms with Gasteiger partial charge in [0.15, 0.2) is 0 Å². The first kappa shape index (κ1) is 12.9. The van der Waals surface area contributed by atoms with Crippen LogP contribution in [0.5, 0.6) is 0 Å². The molecule has 4 nitrogen and oxygen atoms in total. The summed E-state index contributed by atoms with van der Waals surface area (Å²) in [7, 11) is 0. The van der Waals surface area contributed by atoms with Crippen LogP contribution in [0.15, 0.2) is 18.2 Å². The van der Waals surface area contributed by atoms with E-state index in [4.69, 9.17) is 4.98 Å². The number of aromatic nitrogens is 2. The van der Waals surface area contributed by atoms with Gasteiger partial charge in [-0.25, -0.2) is 9.78 Å². The second kappa shape index (κ2) is 4.86. The summed E-state index contributed by atoms with van der Waals surface area (Å²) in [6.07, 6.45) is 7.71. The summed E-state index contributed by atoms with van der Waals surface area (Å²) < 4.78 is 2.29. The van der Waals surface area contributed by atoms with Gasteiger partial charge in [-0.2, -0.15) is 0 Å². The Balaban J connectivity index is 1.73. The highest BCUT2D eigenvalue weighted by Gasteiger charge is 2.30. The molecule has 110 valence electrons. The molecule has 0 amide bonds. The second-order valence-electron chi connectivity index (χ2n) is 6.49. The molecular formula is C17H20N2O2. The number of carboxylic acids is 1. The minimum atomic E-state index is -0.864. The lowest BCUT2D eigenvalue weighted by Gasteiger charge is -2.25. The summed E-state index contributed by atoms with van der Waals surface area (Å²) in [5, 5.41) is 9.20. The average Bonchev–Trinajstić information content (AvgIpc) is 3.19. The van der Waals surface area contributed by atoms with Gasteiger partial charge < -0.3 is 9.67 Å². The number of carbonyl (C=O) groups is 1. The van der Waals surface area contributed by atoms with Crippen LogP contribution in [-0.4, -0.2) is 20.6 Å². The maximum Gasteiger partial charge on any atom is 0.335 e. The fourth-order valence-electron chi connectivity index (χ4n) is 3.26. The van der Waals surface area contributed by atoms with E-state index < -0.39 is 5.97 Å². The van der Waals surface area contributed by atoms with E-state index in [2.05, 4.69) is 4.57 Å². The predicted octanol–water partition coefficient (Wildman–Crippen LogP) is 3.80. The van der Waals surface area contributed by atoms with E-state index in [1.807, 2.05) is 6.07 Å². The third kappa shape index (κ3) is 2.33. The van der Waals surface area contributed by atoms with Gasteiger partial charge in [0.1, 0.15) is 5.82 Å². The molecule has 2 aliphatic carbocycles. The molecule has 4 heteroatoms. The van der Waals surface area contributed by atoms with E-state index in [0.29, 0.717) is 11.5 Å². The number of hydrogen-bond acceptors (Lipinski definition) is 2. The average molecular weight is 284 g/mol. The van der Waals surface area contributed by atoms with Gasteiger partial charge in [0.05, 0.1) is 16.6 Å². The standard InChI is InChI=1S/C17H20N2O2/c20-17(21)13-6-7-14-15(10-13)19(9-8-11-2-1-3-11)16(18-14)12-4-5-12/h6-7,10-12H,1-5,8-9H2,(H,20,21). The third-order valence-electron chi connectivity index (χ3n) is 4.95. The van der Waals surface area contributed by atoms with Gasteiger partial charge in [-0.1, -0.05) is 19.3 Å². The number of aromatic carboxylic acids is 1. The number of hydrogen-bond donors (Lipinski definition) is 1. The van der Waals surface area contributed by atoms with E-state index >= 15 is 0 Å². The number of rotatable bonds is 5. The van der Waals surface area contributed by atoms with Crippen molar-refractivity contribution in [2.24, 2.45) is 5.92 Å². The highest BCUT2D eigenvalue weighted by Crippen LogP contribution is 2.41. The Kier molecular flexibility index (Phi) is 2.98. The van der Waals surface area contributed by atoms with Crippen LogP contribution in [0.3, 0.4) is 0 Å². The van der Waals surface area contributed by atoms with Gasteiger partial charge in [0.2, 0.25) is 0 Å². The van der Waals surface area contributed by atoms with E-state index in [1.165, 1.54) is 44.3 Å². The quantitative estimate of drug-likeness (QED) is 0.908. The van der Waals surface area contributed by atoms with E-state index in [0.717, 1.165) is 23.5 Å². The predicted molar refractivity (Wildman–Crippen MR) is 80.6 cm³/mol. The molecule has 1 aromatic heterocycles. The lowest BCUT2D eigenvalue weighted by atomic mass is 9.83. The molecule has 2 aromatic rings. The molecule has 0 atom stereocenters. The van der Waals surface area contributed by atoms with Crippen LogP contribution in [-0.2, 0) is 6.54 Å². The molecule has 1 aromatic carbocycles. The lowest BCUT2D eigenvalue weighted by Crippen LogP contribution is -2.15. The molecule has 2 fully saturated rings. The summed E-state index contributed by atoms with van der Waals surface area (Å²) in [6, 6.07) is 5.30. The van der Waals surface area contributed by atoms with Crippen molar-refractivity contribution in [3.63, 3.8) is 0 Å². The number of benzene rings is 1. The van der Waals surface area contributed by atoms with Crippen LogP contribution < -0.4 is 0 Å². The van der Waals surface area contributed by atoms with E-state index in [1.54, 1.807) is 12.1 Å². The van der Waals surface area contributed by atoms with Crippen molar-refractivity contribution in [1.82, 2.24) is 9.55 Å². The Morgan fingerprint density at radius 3 is 2.71 bits per heavy atom. The molecule has 21 heavy (non-hydrogen) atoms. The maximum atomic E-state index is 11.2. The van der Waals surface area contributed by atoms with Crippen LogP contribution in [0.2, 0.25) is 0 Å². The largest absolute Gasteiger partial charge is 0.478 e. The van der Waals surface area contributed by atoms with Gasteiger partial charge in [-0.15, -0.1) is 0 Å². The normalized spacial score (nSPS) is 18.9. The smallest absolute Gasteiger partial charge is 0.335 e. The van der Waals surface area contributed by atoms with Gasteiger partial charge in [-0.3, -0.25) is 0 Å². The Hall–Kier alpha value is -1.84. The zero-order chi connectivity index (χ0) is 14.4. The summed E-state index contributed by atoms with van der Waals surface area (Å²) >= 11 is 0. The van der Waals surface area contributed by atoms with Crippen molar-refractivity contribution in [2.45, 2.75) is 51.0 Å². The van der Waals surface area contributed by atoms with Crippen LogP contribution in [0.25, 0.3) is 11.0 Å². The number of nitrogens with zero attached hydrogens (tertiary/aromatic N) is 2. The van der Waals surface area contributed by atoms with Gasteiger partial charge in [-0.05, 0) is 43.4 Å². The summed E-state index contributed by atoms with van der Waals surface area (Å²) in [4.78, 5) is 16.0. The molecule has 4 rings (SSSR count). The van der Waals surface area contributed by atoms with Crippen molar-refractivity contribution in [2.75, 3.05) is 0 Å². The summed E-state index contributed by atoms with van der Waals surface area (Å²) in [5.41, 5.74) is 2.29. The summed E-state index contributed by atoms with van der Waals surface area (Å²) in [5.74, 6) is 1.76. The fourth-order valence-corrected chi connectivity index (χ4v) is 3.26. The highest BCUT2D eigenvalue weighted by molar-refractivity contribution is 5.92. The van der Waals surface area contributed by atoms with Crippen molar-refractivity contribution in [1.29, 1.82) is 0 Å². The monoisotopic (exact) mass is 284 g/mol. The number of aryl methyl sites for hydroxylation is 1. The molecular weight excluding hydrogens is 264 g/mol. The number of fused-ring (bicyclic) bond motifs is 1. The molecule has 0 bridgehead atoms. The lowest BCUT2D eigenvalue weighted by molar-refractivity contribution is 0.0697. The van der Waals surface area contributed by atoms with E-state index in [-0.39, 0.29) is 0 Å². The van der Waals surface area contributed by atoms with Crippen molar-refractivity contribution in [3.8, 4) is 0 Å². The molecule has 0 radical (unpaired) electrons. The second-order valence-corrected chi connectivity index (χ2v) is 6.49. The third-order valence-corrected chi connectivity index (χ3v) is 4.95. The van der Waals surface area contributed by atoms with E-state index in [9.17, 15) is 9.90 Å². The Morgan fingerprint density at radius 1 is 1.29 bits per heavy atom. The molecule has 1 N–H and O–H groups in total. The fraction of sp³-hybridized carbons (Fsp3) is 0.529. The summed E-state index contributed by atoms with van der Waals surface area (Å²) in [6.45, 7) is 0.982. The molecule has 0 aliphatic heterocycles. The Bertz CT molecular complexity index is 696. The zero-order valence-corrected chi connectivity index (χ0v) is 12.1. The van der Waals surface area contributed by atoms with Crippen LogP contribution in [0.1, 0.15) is 60.6 Å². The minimum absolute atomic E-state index is 0.356. The topological polar surface area (TPSA) is 55.1 Å². The van der Waals surface area contributed by atoms with Crippen molar-refractivity contribution < 1.29 is 9.90 Å². The van der Waals surface area contributed by atoms with Gasteiger partial charge in [0, 0.05) is 12.5 Å². The molecule has 0 unspecified atom stereocenters. The van der Waals surface area contributed by atoms with Crippen molar-refractivity contribution >= 4 is 17.0 Å². The van der Waals surface area contributed by atoms with Crippen LogP contribution in [0.4, 0.5) is 0 Å². The molecule has 2 aliphatic rings. The Labute approximate surface area is 123 Å².